The van der Waals surface area contributed by atoms with Gasteiger partial charge in [-0.05, 0) is 70.0 Å². The summed E-state index contributed by atoms with van der Waals surface area (Å²) in [5.41, 5.74) is 4.37. The molecule has 0 spiro atoms. The zero-order chi connectivity index (χ0) is 23.5. The third-order valence-electron chi connectivity index (χ3n) is 5.32. The normalized spacial score (nSPS) is 11.0. The van der Waals surface area contributed by atoms with E-state index in [0.717, 1.165) is 17.0 Å². The molecule has 10 nitrogen and oxygen atoms in total. The van der Waals surface area contributed by atoms with Crippen LogP contribution in [0.1, 0.15) is 46.5 Å². The number of carbonyl (C=O) groups is 2. The van der Waals surface area contributed by atoms with Gasteiger partial charge in [-0.2, -0.15) is 9.61 Å². The van der Waals surface area contributed by atoms with Gasteiger partial charge in [-0.15, -0.1) is 15.3 Å². The van der Waals surface area contributed by atoms with Crippen molar-refractivity contribution in [3.63, 3.8) is 0 Å². The van der Waals surface area contributed by atoms with E-state index >= 15 is 0 Å². The van der Waals surface area contributed by atoms with Gasteiger partial charge in [-0.25, -0.2) is 9.48 Å². The monoisotopic (exact) mass is 447 g/mol. The van der Waals surface area contributed by atoms with Crippen LogP contribution in [0.3, 0.4) is 0 Å². The lowest BCUT2D eigenvalue weighted by atomic mass is 10.1. The van der Waals surface area contributed by atoms with Crippen molar-refractivity contribution in [1.82, 2.24) is 29.6 Å². The van der Waals surface area contributed by atoms with Crippen LogP contribution >= 0.6 is 0 Å². The fourth-order valence-electron chi connectivity index (χ4n) is 3.66. The summed E-state index contributed by atoms with van der Waals surface area (Å²) >= 11 is 0. The Kier molecular flexibility index (Phi) is 6.16. The van der Waals surface area contributed by atoms with Crippen LogP contribution in [0.2, 0.25) is 0 Å². The molecule has 10 heteroatoms. The lowest BCUT2D eigenvalue weighted by Gasteiger charge is -2.08. The number of rotatable bonds is 7. The Hall–Kier alpha value is -4.08. The molecule has 3 heterocycles. The van der Waals surface area contributed by atoms with E-state index in [0.29, 0.717) is 41.6 Å². The molecule has 3 aromatic heterocycles. The van der Waals surface area contributed by atoms with Crippen molar-refractivity contribution < 1.29 is 14.3 Å². The molecule has 0 aliphatic heterocycles. The first kappa shape index (κ1) is 22.1. The standard InChI is InChI=1S/C23H25N7O3/c1-5-33-23(32)17-7-6-8-18(13-17)24-22(31)12-9-19-14(2)27-29(15(19)3)21-11-10-20-26-25-16(4)30(20)28-21/h6-8,10-11,13H,5,9,12H2,1-4H3,(H,24,31). The van der Waals surface area contributed by atoms with Gasteiger partial charge in [0.25, 0.3) is 0 Å². The Morgan fingerprint density at radius 2 is 1.88 bits per heavy atom. The van der Waals surface area contributed by atoms with Crippen LogP contribution < -0.4 is 5.32 Å². The van der Waals surface area contributed by atoms with Crippen molar-refractivity contribution in [2.75, 3.05) is 11.9 Å². The van der Waals surface area contributed by atoms with Gasteiger partial charge < -0.3 is 10.1 Å². The molecular formula is C23H25N7O3. The summed E-state index contributed by atoms with van der Waals surface area (Å²) in [6, 6.07) is 10.4. The van der Waals surface area contributed by atoms with Gasteiger partial charge >= 0.3 is 5.97 Å². The van der Waals surface area contributed by atoms with Gasteiger partial charge in [-0.3, -0.25) is 4.79 Å². The molecule has 33 heavy (non-hydrogen) atoms. The molecule has 0 aliphatic carbocycles. The summed E-state index contributed by atoms with van der Waals surface area (Å²) in [7, 11) is 0. The van der Waals surface area contributed by atoms with Crippen LogP contribution in [0.15, 0.2) is 36.4 Å². The third-order valence-corrected chi connectivity index (χ3v) is 5.32. The smallest absolute Gasteiger partial charge is 0.338 e. The van der Waals surface area contributed by atoms with Gasteiger partial charge in [-0.1, -0.05) is 6.07 Å². The molecule has 0 bridgehead atoms. The summed E-state index contributed by atoms with van der Waals surface area (Å²) in [6.07, 6.45) is 0.795. The van der Waals surface area contributed by atoms with Crippen molar-refractivity contribution >= 4 is 23.2 Å². The van der Waals surface area contributed by atoms with Gasteiger partial charge in [0.1, 0.15) is 0 Å². The van der Waals surface area contributed by atoms with Crippen LogP contribution in [-0.2, 0) is 16.0 Å². The molecule has 0 radical (unpaired) electrons. The maximum absolute atomic E-state index is 12.6. The van der Waals surface area contributed by atoms with E-state index in [9.17, 15) is 9.59 Å². The second kappa shape index (κ2) is 9.19. The van der Waals surface area contributed by atoms with E-state index in [1.807, 2.05) is 32.9 Å². The molecule has 4 aromatic rings. The molecular weight excluding hydrogens is 422 g/mol. The lowest BCUT2D eigenvalue weighted by Crippen LogP contribution is -2.13. The Balaban J connectivity index is 1.46. The van der Waals surface area contributed by atoms with Gasteiger partial charge in [0.2, 0.25) is 5.91 Å². The third kappa shape index (κ3) is 4.59. The van der Waals surface area contributed by atoms with E-state index in [4.69, 9.17) is 4.74 Å². The molecule has 170 valence electrons. The minimum Gasteiger partial charge on any atom is -0.462 e. The molecule has 0 saturated heterocycles. The van der Waals surface area contributed by atoms with Crippen molar-refractivity contribution in [1.29, 1.82) is 0 Å². The molecule has 1 aromatic carbocycles. The Bertz CT molecular complexity index is 1340. The highest BCUT2D eigenvalue weighted by Gasteiger charge is 2.16. The van der Waals surface area contributed by atoms with Crippen LogP contribution in [-0.4, -0.2) is 48.1 Å². The van der Waals surface area contributed by atoms with E-state index in [-0.39, 0.29) is 12.3 Å². The maximum atomic E-state index is 12.6. The molecule has 0 saturated carbocycles. The van der Waals surface area contributed by atoms with Crippen molar-refractivity contribution in [2.24, 2.45) is 0 Å². The largest absolute Gasteiger partial charge is 0.462 e. The second-order valence-electron chi connectivity index (χ2n) is 7.62. The molecule has 0 atom stereocenters. The molecule has 0 fully saturated rings. The first-order valence-electron chi connectivity index (χ1n) is 10.7. The van der Waals surface area contributed by atoms with Crippen LogP contribution in [0.5, 0.6) is 0 Å². The number of hydrogen-bond acceptors (Lipinski definition) is 7. The molecule has 4 rings (SSSR count). The first-order chi connectivity index (χ1) is 15.9. The van der Waals surface area contributed by atoms with Crippen LogP contribution in [0, 0.1) is 20.8 Å². The zero-order valence-electron chi connectivity index (χ0n) is 19.0. The zero-order valence-corrected chi connectivity index (χ0v) is 19.0. The van der Waals surface area contributed by atoms with Gasteiger partial charge in [0, 0.05) is 17.8 Å². The summed E-state index contributed by atoms with van der Waals surface area (Å²) < 4.78 is 8.45. The lowest BCUT2D eigenvalue weighted by molar-refractivity contribution is -0.116. The SMILES string of the molecule is CCOC(=O)c1cccc(NC(=O)CCc2c(C)nn(-c3ccc4nnc(C)n4n3)c2C)c1. The maximum Gasteiger partial charge on any atom is 0.338 e. The number of fused-ring (bicyclic) bond motifs is 1. The molecule has 0 unspecified atom stereocenters. The number of hydrogen-bond donors (Lipinski definition) is 1. The first-order valence-corrected chi connectivity index (χ1v) is 10.7. The predicted octanol–water partition coefficient (Wildman–Crippen LogP) is 2.98. The van der Waals surface area contributed by atoms with Gasteiger partial charge in [0.15, 0.2) is 17.3 Å². The summed E-state index contributed by atoms with van der Waals surface area (Å²) in [5, 5.41) is 20.1. The van der Waals surface area contributed by atoms with Crippen LogP contribution in [0.4, 0.5) is 5.69 Å². The average molecular weight is 447 g/mol. The fourth-order valence-corrected chi connectivity index (χ4v) is 3.66. The Labute approximate surface area is 190 Å². The minimum absolute atomic E-state index is 0.151. The van der Waals surface area contributed by atoms with E-state index in [1.54, 1.807) is 40.4 Å². The van der Waals surface area contributed by atoms with Crippen molar-refractivity contribution in [3.8, 4) is 5.82 Å². The highest BCUT2D eigenvalue weighted by Crippen LogP contribution is 2.19. The number of nitrogens with one attached hydrogen (secondary N) is 1. The summed E-state index contributed by atoms with van der Waals surface area (Å²) in [5.74, 6) is 0.776. The van der Waals surface area contributed by atoms with E-state index in [2.05, 4.69) is 25.7 Å². The average Bonchev–Trinajstić information content (AvgIpc) is 3.31. The van der Waals surface area contributed by atoms with Crippen molar-refractivity contribution in [3.05, 3.63) is 64.7 Å². The summed E-state index contributed by atoms with van der Waals surface area (Å²) in [4.78, 5) is 24.5. The number of benzene rings is 1. The highest BCUT2D eigenvalue weighted by molar-refractivity contribution is 5.94. The topological polar surface area (TPSA) is 116 Å². The number of ether oxygens (including phenoxy) is 1. The van der Waals surface area contributed by atoms with E-state index in [1.165, 1.54) is 0 Å². The highest BCUT2D eigenvalue weighted by atomic mass is 16.5. The summed E-state index contributed by atoms with van der Waals surface area (Å²) in [6.45, 7) is 7.76. The number of esters is 1. The minimum atomic E-state index is -0.416. The predicted molar refractivity (Wildman–Crippen MR) is 121 cm³/mol. The number of nitrogens with zero attached hydrogens (tertiary/aromatic N) is 6. The van der Waals surface area contributed by atoms with Crippen LogP contribution in [0.25, 0.3) is 11.5 Å². The number of anilines is 1. The Morgan fingerprint density at radius 1 is 1.06 bits per heavy atom. The Morgan fingerprint density at radius 3 is 2.67 bits per heavy atom. The fraction of sp³-hybridized carbons (Fsp3) is 0.304. The quantitative estimate of drug-likeness (QED) is 0.433. The number of aryl methyl sites for hydroxylation is 2. The van der Waals surface area contributed by atoms with E-state index < -0.39 is 5.97 Å². The second-order valence-corrected chi connectivity index (χ2v) is 7.62. The molecule has 0 aliphatic rings. The number of carbonyl (C=O) groups excluding carboxylic acids is 2. The number of aromatic nitrogens is 6. The molecule has 1 N–H and O–H groups in total. The molecule has 1 amide bonds. The number of amides is 1. The van der Waals surface area contributed by atoms with Crippen molar-refractivity contribution in [2.45, 2.75) is 40.5 Å². The van der Waals surface area contributed by atoms with Gasteiger partial charge in [0.05, 0.1) is 17.9 Å².